The Balaban J connectivity index is 2.51. The van der Waals surface area contributed by atoms with Crippen molar-refractivity contribution < 1.29 is 4.79 Å². The molecule has 0 saturated heterocycles. The number of hydrazone groups is 1. The maximum Gasteiger partial charge on any atom is 0.335 e. The number of amides is 2. The van der Waals surface area contributed by atoms with E-state index in [1.807, 2.05) is 19.9 Å². The summed E-state index contributed by atoms with van der Waals surface area (Å²) in [5, 5.41) is 6.77. The standard InChI is InChI=1S/C13H21N5O/c1-4-7-13(5-2,6-3)17-12(19)18-16-10-11-14-8-9-15-11/h4,8-10H,1,5-7H2,2-3H3,(H,14,15)(H2,17,18,19)/b16-10+. The highest BCUT2D eigenvalue weighted by atomic mass is 16.2. The van der Waals surface area contributed by atoms with E-state index in [9.17, 15) is 4.79 Å². The van der Waals surface area contributed by atoms with Crippen molar-refractivity contribution >= 4 is 12.2 Å². The lowest BCUT2D eigenvalue weighted by Gasteiger charge is -2.31. The molecular formula is C13H21N5O. The number of aromatic amines is 1. The van der Waals surface area contributed by atoms with Crippen LogP contribution in [0.1, 0.15) is 38.9 Å². The monoisotopic (exact) mass is 263 g/mol. The molecule has 0 aromatic carbocycles. The first-order valence-electron chi connectivity index (χ1n) is 6.37. The van der Waals surface area contributed by atoms with E-state index in [2.05, 4.69) is 32.4 Å². The summed E-state index contributed by atoms with van der Waals surface area (Å²) in [6, 6.07) is -0.326. The maximum absolute atomic E-state index is 11.8. The molecule has 0 saturated carbocycles. The molecule has 1 rings (SSSR count). The Bertz CT molecular complexity index is 420. The van der Waals surface area contributed by atoms with Crippen molar-refractivity contribution in [3.8, 4) is 0 Å². The van der Waals surface area contributed by atoms with Gasteiger partial charge in [-0.1, -0.05) is 19.9 Å². The van der Waals surface area contributed by atoms with Gasteiger partial charge in [-0.2, -0.15) is 5.10 Å². The zero-order valence-corrected chi connectivity index (χ0v) is 11.4. The van der Waals surface area contributed by atoms with E-state index < -0.39 is 0 Å². The number of urea groups is 1. The summed E-state index contributed by atoms with van der Waals surface area (Å²) in [6.45, 7) is 7.81. The fourth-order valence-corrected chi connectivity index (χ4v) is 1.81. The lowest BCUT2D eigenvalue weighted by molar-refractivity contribution is 0.221. The van der Waals surface area contributed by atoms with Crippen molar-refractivity contribution in [3.05, 3.63) is 30.9 Å². The Labute approximate surface area is 113 Å². The minimum atomic E-state index is -0.326. The van der Waals surface area contributed by atoms with Crippen LogP contribution in [0, 0.1) is 0 Å². The van der Waals surface area contributed by atoms with Crippen LogP contribution in [0.2, 0.25) is 0 Å². The van der Waals surface area contributed by atoms with E-state index in [0.29, 0.717) is 5.82 Å². The van der Waals surface area contributed by atoms with Crippen LogP contribution in [0.3, 0.4) is 0 Å². The molecule has 0 fully saturated rings. The first-order valence-corrected chi connectivity index (χ1v) is 6.37. The van der Waals surface area contributed by atoms with Crippen LogP contribution in [0.4, 0.5) is 4.79 Å². The van der Waals surface area contributed by atoms with Gasteiger partial charge in [-0.15, -0.1) is 6.58 Å². The fourth-order valence-electron chi connectivity index (χ4n) is 1.81. The van der Waals surface area contributed by atoms with Gasteiger partial charge in [-0.3, -0.25) is 0 Å². The first-order chi connectivity index (χ1) is 9.15. The van der Waals surface area contributed by atoms with Crippen LogP contribution in [-0.2, 0) is 0 Å². The van der Waals surface area contributed by atoms with Crippen LogP contribution in [-0.4, -0.2) is 27.8 Å². The molecule has 3 N–H and O–H groups in total. The van der Waals surface area contributed by atoms with Crippen LogP contribution in [0.5, 0.6) is 0 Å². The molecule has 6 heteroatoms. The molecule has 0 radical (unpaired) electrons. The van der Waals surface area contributed by atoms with Crippen molar-refractivity contribution in [1.82, 2.24) is 20.7 Å². The average molecular weight is 263 g/mol. The van der Waals surface area contributed by atoms with Gasteiger partial charge in [0.25, 0.3) is 0 Å². The number of nitrogens with zero attached hydrogens (tertiary/aromatic N) is 2. The van der Waals surface area contributed by atoms with Crippen molar-refractivity contribution in [2.75, 3.05) is 0 Å². The van der Waals surface area contributed by atoms with Gasteiger partial charge in [0.15, 0.2) is 0 Å². The summed E-state index contributed by atoms with van der Waals surface area (Å²) in [5.74, 6) is 0.587. The lowest BCUT2D eigenvalue weighted by Crippen LogP contribution is -2.50. The van der Waals surface area contributed by atoms with E-state index in [-0.39, 0.29) is 11.6 Å². The van der Waals surface area contributed by atoms with Gasteiger partial charge < -0.3 is 10.3 Å². The summed E-state index contributed by atoms with van der Waals surface area (Å²) in [7, 11) is 0. The molecule has 6 nitrogen and oxygen atoms in total. The van der Waals surface area contributed by atoms with Crippen LogP contribution >= 0.6 is 0 Å². The van der Waals surface area contributed by atoms with E-state index in [0.717, 1.165) is 19.3 Å². The maximum atomic E-state index is 11.8. The third-order valence-corrected chi connectivity index (χ3v) is 3.14. The second-order valence-corrected chi connectivity index (χ2v) is 4.28. The highest BCUT2D eigenvalue weighted by Gasteiger charge is 2.26. The van der Waals surface area contributed by atoms with Gasteiger partial charge >= 0.3 is 6.03 Å². The van der Waals surface area contributed by atoms with E-state index in [4.69, 9.17) is 0 Å². The summed E-state index contributed by atoms with van der Waals surface area (Å²) in [4.78, 5) is 18.6. The molecule has 0 aliphatic carbocycles. The molecule has 2 amide bonds. The van der Waals surface area contributed by atoms with Gasteiger partial charge in [0, 0.05) is 17.9 Å². The molecule has 0 atom stereocenters. The molecular weight excluding hydrogens is 242 g/mol. The predicted octanol–water partition coefficient (Wildman–Crippen LogP) is 2.18. The first kappa shape index (κ1) is 14.9. The number of carbonyl (C=O) groups is 1. The number of H-pyrrole nitrogens is 1. The van der Waals surface area contributed by atoms with Gasteiger partial charge in [0.1, 0.15) is 5.82 Å². The Morgan fingerprint density at radius 2 is 2.32 bits per heavy atom. The van der Waals surface area contributed by atoms with E-state index >= 15 is 0 Å². The lowest BCUT2D eigenvalue weighted by atomic mass is 9.89. The summed E-state index contributed by atoms with van der Waals surface area (Å²) in [5.41, 5.74) is 2.17. The number of aromatic nitrogens is 2. The zero-order valence-electron chi connectivity index (χ0n) is 11.4. The second kappa shape index (κ2) is 7.35. The molecule has 1 heterocycles. The van der Waals surface area contributed by atoms with E-state index in [1.165, 1.54) is 6.21 Å². The minimum Gasteiger partial charge on any atom is -0.344 e. The highest BCUT2D eigenvalue weighted by molar-refractivity contribution is 5.79. The summed E-state index contributed by atoms with van der Waals surface area (Å²) in [6.07, 6.45) is 8.98. The number of imidazole rings is 1. The molecule has 0 bridgehead atoms. The quantitative estimate of drug-likeness (QED) is 0.400. The predicted molar refractivity (Wildman–Crippen MR) is 76.0 cm³/mol. The fraction of sp³-hybridized carbons (Fsp3) is 0.462. The van der Waals surface area contributed by atoms with Crippen LogP contribution in [0.25, 0.3) is 0 Å². The van der Waals surface area contributed by atoms with Gasteiger partial charge in [-0.25, -0.2) is 15.2 Å². The molecule has 19 heavy (non-hydrogen) atoms. The molecule has 104 valence electrons. The molecule has 1 aromatic heterocycles. The van der Waals surface area contributed by atoms with Gasteiger partial charge in [0.2, 0.25) is 0 Å². The number of rotatable bonds is 7. The zero-order chi connectivity index (χ0) is 14.1. The molecule has 1 aromatic rings. The average Bonchev–Trinajstić information content (AvgIpc) is 2.91. The van der Waals surface area contributed by atoms with Crippen LogP contribution in [0.15, 0.2) is 30.2 Å². The Hall–Kier alpha value is -2.11. The SMILES string of the molecule is C=CCC(CC)(CC)NC(=O)N/N=C/c1ncc[nH]1. The van der Waals surface area contributed by atoms with Crippen LogP contribution < -0.4 is 10.7 Å². The third kappa shape index (κ3) is 4.57. The van der Waals surface area contributed by atoms with Crippen molar-refractivity contribution in [3.63, 3.8) is 0 Å². The highest BCUT2D eigenvalue weighted by Crippen LogP contribution is 2.19. The number of carbonyl (C=O) groups excluding carboxylic acids is 1. The summed E-state index contributed by atoms with van der Waals surface area (Å²) >= 11 is 0. The number of hydrogen-bond donors (Lipinski definition) is 3. The number of hydrogen-bond acceptors (Lipinski definition) is 3. The smallest absolute Gasteiger partial charge is 0.335 e. The van der Waals surface area contributed by atoms with Gasteiger partial charge in [-0.05, 0) is 19.3 Å². The normalized spacial score (nSPS) is 11.5. The van der Waals surface area contributed by atoms with E-state index in [1.54, 1.807) is 12.4 Å². The van der Waals surface area contributed by atoms with Crippen molar-refractivity contribution in [2.24, 2.45) is 5.10 Å². The molecule has 0 aliphatic rings. The van der Waals surface area contributed by atoms with Crippen molar-refractivity contribution in [1.29, 1.82) is 0 Å². The second-order valence-electron chi connectivity index (χ2n) is 4.28. The molecule has 0 aliphatic heterocycles. The Kier molecular flexibility index (Phi) is 5.78. The Morgan fingerprint density at radius 1 is 1.58 bits per heavy atom. The Morgan fingerprint density at radius 3 is 2.84 bits per heavy atom. The third-order valence-electron chi connectivity index (χ3n) is 3.14. The molecule has 0 unspecified atom stereocenters. The van der Waals surface area contributed by atoms with Crippen molar-refractivity contribution in [2.45, 2.75) is 38.6 Å². The molecule has 0 spiro atoms. The number of nitrogens with one attached hydrogen (secondary N) is 3. The largest absolute Gasteiger partial charge is 0.344 e. The van der Waals surface area contributed by atoms with Gasteiger partial charge in [0.05, 0.1) is 6.21 Å². The summed E-state index contributed by atoms with van der Waals surface area (Å²) < 4.78 is 0. The topological polar surface area (TPSA) is 82.2 Å². The minimum absolute atomic E-state index is 0.258.